The van der Waals surface area contributed by atoms with E-state index in [0.29, 0.717) is 35.0 Å². The van der Waals surface area contributed by atoms with Crippen LogP contribution in [0.15, 0.2) is 23.8 Å². The molecule has 7 atom stereocenters. The van der Waals surface area contributed by atoms with Crippen LogP contribution in [0.1, 0.15) is 113 Å². The molecule has 0 radical (unpaired) electrons. The van der Waals surface area contributed by atoms with Crippen LogP contribution in [0, 0.1) is 40.4 Å². The monoisotopic (exact) mass is 468 g/mol. The van der Waals surface area contributed by atoms with Gasteiger partial charge in [0.05, 0.1) is 0 Å². The van der Waals surface area contributed by atoms with Gasteiger partial charge in [-0.2, -0.15) is 0 Å². The van der Waals surface area contributed by atoms with E-state index in [9.17, 15) is 4.79 Å². The highest BCUT2D eigenvalue weighted by Crippen LogP contribution is 2.55. The molecule has 0 unspecified atom stereocenters. The Kier molecular flexibility index (Phi) is 7.08. The fraction of sp³-hybridized carbons (Fsp3) is 0.839. The van der Waals surface area contributed by atoms with E-state index in [1.165, 1.54) is 56.9 Å². The summed E-state index contributed by atoms with van der Waals surface area (Å²) in [5.74, 6) is 2.55. The minimum Gasteiger partial charge on any atom is -0.335 e. The summed E-state index contributed by atoms with van der Waals surface area (Å²) in [4.78, 5) is 13.6. The molecule has 2 N–H and O–H groups in total. The maximum atomic E-state index is 13.6. The summed E-state index contributed by atoms with van der Waals surface area (Å²) >= 11 is 0. The number of fused-ring (bicyclic) bond motifs is 2. The molecule has 0 aliphatic heterocycles. The van der Waals surface area contributed by atoms with E-state index in [1.54, 1.807) is 5.57 Å². The van der Waals surface area contributed by atoms with Crippen LogP contribution in [0.4, 0.5) is 4.79 Å². The van der Waals surface area contributed by atoms with E-state index in [1.807, 2.05) is 0 Å². The standard InChI is InChI=1S/C31H52N2O/c1-20(2)24-14-18-31(8)16-10-12-22(4)26(31)27(24)32-28(34)33-29(5,6)23-13-17-30(7)15-9-11-21(3)25(30)19-23/h19-21,23-24,26-27H,4,9-18H2,1-3,5-8H3,(H2,32,33,34)/t21-,23-,24-,26+,27-,30+,31+/m0/s1. The molecule has 0 bridgehead atoms. The van der Waals surface area contributed by atoms with E-state index in [0.717, 1.165) is 12.8 Å². The van der Waals surface area contributed by atoms with Crippen molar-refractivity contribution in [1.29, 1.82) is 0 Å². The SMILES string of the molecule is C=C1CCC[C@]2(C)CC[C@@H](C(C)C)[C@H](NC(=O)NC(C)(C)[C@@H]3C=C4[C@@H](C)CCC[C@]4(C)CC3)[C@@H]12. The van der Waals surface area contributed by atoms with Gasteiger partial charge < -0.3 is 10.6 Å². The van der Waals surface area contributed by atoms with Gasteiger partial charge in [0, 0.05) is 17.5 Å². The molecule has 3 heteroatoms. The lowest BCUT2D eigenvalue weighted by atomic mass is 9.53. The topological polar surface area (TPSA) is 41.1 Å². The smallest absolute Gasteiger partial charge is 0.315 e. The maximum absolute atomic E-state index is 13.6. The van der Waals surface area contributed by atoms with E-state index < -0.39 is 0 Å². The number of carbonyl (C=O) groups excluding carboxylic acids is 1. The third kappa shape index (κ3) is 4.74. The minimum atomic E-state index is -0.259. The van der Waals surface area contributed by atoms with Gasteiger partial charge in [-0.05, 0) is 106 Å². The number of amides is 2. The predicted molar refractivity (Wildman–Crippen MR) is 144 cm³/mol. The first kappa shape index (κ1) is 25.8. The molecule has 3 saturated carbocycles. The van der Waals surface area contributed by atoms with Gasteiger partial charge in [-0.3, -0.25) is 0 Å². The Morgan fingerprint density at radius 2 is 1.82 bits per heavy atom. The second kappa shape index (κ2) is 9.32. The molecule has 0 saturated heterocycles. The Bertz CT molecular complexity index is 825. The lowest BCUT2D eigenvalue weighted by Crippen LogP contribution is -2.61. The molecule has 0 spiro atoms. The molecule has 0 aromatic heterocycles. The van der Waals surface area contributed by atoms with Gasteiger partial charge in [-0.25, -0.2) is 4.79 Å². The van der Waals surface area contributed by atoms with Crippen LogP contribution < -0.4 is 10.6 Å². The van der Waals surface area contributed by atoms with Crippen molar-refractivity contribution in [2.24, 2.45) is 40.4 Å². The minimum absolute atomic E-state index is 0.0201. The summed E-state index contributed by atoms with van der Waals surface area (Å²) in [7, 11) is 0. The van der Waals surface area contributed by atoms with Gasteiger partial charge in [-0.1, -0.05) is 64.8 Å². The van der Waals surface area contributed by atoms with Crippen molar-refractivity contribution < 1.29 is 4.79 Å². The van der Waals surface area contributed by atoms with Crippen LogP contribution in [-0.2, 0) is 0 Å². The van der Waals surface area contributed by atoms with E-state index >= 15 is 0 Å². The van der Waals surface area contributed by atoms with Crippen LogP contribution in [0.5, 0.6) is 0 Å². The van der Waals surface area contributed by atoms with E-state index in [-0.39, 0.29) is 23.0 Å². The molecule has 4 aliphatic rings. The van der Waals surface area contributed by atoms with Crippen LogP contribution in [-0.4, -0.2) is 17.6 Å². The lowest BCUT2D eigenvalue weighted by Gasteiger charge is -2.54. The van der Waals surface area contributed by atoms with Crippen molar-refractivity contribution in [1.82, 2.24) is 10.6 Å². The molecule has 4 aliphatic carbocycles. The van der Waals surface area contributed by atoms with Crippen molar-refractivity contribution in [3.8, 4) is 0 Å². The highest BCUT2D eigenvalue weighted by atomic mass is 16.2. The van der Waals surface area contributed by atoms with Crippen LogP contribution in [0.3, 0.4) is 0 Å². The molecule has 2 amide bonds. The molecule has 192 valence electrons. The summed E-state index contributed by atoms with van der Waals surface area (Å²) in [5, 5.41) is 7.00. The first-order valence-electron chi connectivity index (χ1n) is 14.3. The number of rotatable bonds is 4. The second-order valence-corrected chi connectivity index (χ2v) is 14.1. The molecule has 0 aromatic rings. The van der Waals surface area contributed by atoms with Crippen molar-refractivity contribution in [2.45, 2.75) is 124 Å². The highest BCUT2D eigenvalue weighted by Gasteiger charge is 2.50. The number of hydrogen-bond acceptors (Lipinski definition) is 1. The Hall–Kier alpha value is -1.25. The van der Waals surface area contributed by atoms with Gasteiger partial charge >= 0.3 is 6.03 Å². The Morgan fingerprint density at radius 1 is 1.09 bits per heavy atom. The average molecular weight is 469 g/mol. The number of nitrogens with one attached hydrogen (secondary N) is 2. The molecule has 4 rings (SSSR count). The molecule has 0 heterocycles. The Morgan fingerprint density at radius 3 is 2.53 bits per heavy atom. The first-order chi connectivity index (χ1) is 15.9. The summed E-state index contributed by atoms with van der Waals surface area (Å²) in [6.45, 7) is 21.0. The van der Waals surface area contributed by atoms with Gasteiger partial charge in [0.1, 0.15) is 0 Å². The Balaban J connectivity index is 1.50. The highest BCUT2D eigenvalue weighted by molar-refractivity contribution is 5.75. The maximum Gasteiger partial charge on any atom is 0.315 e. The molecule has 3 nitrogen and oxygen atoms in total. The van der Waals surface area contributed by atoms with Crippen molar-refractivity contribution >= 4 is 6.03 Å². The van der Waals surface area contributed by atoms with Crippen LogP contribution >= 0.6 is 0 Å². The molecule has 34 heavy (non-hydrogen) atoms. The van der Waals surface area contributed by atoms with Gasteiger partial charge in [0.15, 0.2) is 0 Å². The summed E-state index contributed by atoms with van der Waals surface area (Å²) in [5.41, 5.74) is 3.43. The number of allylic oxidation sites excluding steroid dienone is 1. The third-order valence-electron chi connectivity index (χ3n) is 10.8. The Labute approximate surface area is 210 Å². The zero-order valence-corrected chi connectivity index (χ0v) is 23.2. The fourth-order valence-corrected chi connectivity index (χ4v) is 8.60. The number of hydrogen-bond donors (Lipinski definition) is 2. The quantitative estimate of drug-likeness (QED) is 0.403. The van der Waals surface area contributed by atoms with Crippen LogP contribution in [0.25, 0.3) is 0 Å². The van der Waals surface area contributed by atoms with Gasteiger partial charge in [-0.15, -0.1) is 0 Å². The predicted octanol–water partition coefficient (Wildman–Crippen LogP) is 8.02. The zero-order chi connectivity index (χ0) is 24.9. The fourth-order valence-electron chi connectivity index (χ4n) is 8.60. The summed E-state index contributed by atoms with van der Waals surface area (Å²) < 4.78 is 0. The van der Waals surface area contributed by atoms with E-state index in [4.69, 9.17) is 0 Å². The van der Waals surface area contributed by atoms with Crippen LogP contribution in [0.2, 0.25) is 0 Å². The lowest BCUT2D eigenvalue weighted by molar-refractivity contribution is 0.0253. The zero-order valence-electron chi connectivity index (χ0n) is 23.2. The second-order valence-electron chi connectivity index (χ2n) is 14.1. The van der Waals surface area contributed by atoms with E-state index in [2.05, 4.69) is 71.8 Å². The molecular formula is C31H52N2O. The first-order valence-corrected chi connectivity index (χ1v) is 14.3. The van der Waals surface area contributed by atoms with Gasteiger partial charge in [0.2, 0.25) is 0 Å². The molecule has 0 aromatic carbocycles. The third-order valence-corrected chi connectivity index (χ3v) is 10.8. The largest absolute Gasteiger partial charge is 0.335 e. The van der Waals surface area contributed by atoms with Gasteiger partial charge in [0.25, 0.3) is 0 Å². The number of carbonyl (C=O) groups is 1. The molecule has 3 fully saturated rings. The van der Waals surface area contributed by atoms with Crippen molar-refractivity contribution in [2.75, 3.05) is 0 Å². The number of urea groups is 1. The summed E-state index contributed by atoms with van der Waals surface area (Å²) in [6.07, 6.45) is 15.1. The average Bonchev–Trinajstić information content (AvgIpc) is 2.72. The van der Waals surface area contributed by atoms with Crippen molar-refractivity contribution in [3.05, 3.63) is 23.8 Å². The normalized spacial score (nSPS) is 40.8. The van der Waals surface area contributed by atoms with Crippen molar-refractivity contribution in [3.63, 3.8) is 0 Å². The summed E-state index contributed by atoms with van der Waals surface area (Å²) in [6, 6.07) is 0.209. The molecular weight excluding hydrogens is 416 g/mol.